The van der Waals surface area contributed by atoms with Gasteiger partial charge in [0.1, 0.15) is 44.2 Å². The van der Waals surface area contributed by atoms with E-state index in [9.17, 15) is 62.3 Å². The van der Waals surface area contributed by atoms with E-state index in [1.165, 1.54) is 13.0 Å². The molecule has 0 bridgehead atoms. The van der Waals surface area contributed by atoms with E-state index in [2.05, 4.69) is 0 Å². The van der Waals surface area contributed by atoms with Gasteiger partial charge in [-0.25, -0.2) is 0 Å². The number of hydrogen-bond donors (Lipinski definition) is 0. The number of hydrogen-bond acceptors (Lipinski definition) is 31. The van der Waals surface area contributed by atoms with Crippen LogP contribution in [0.4, 0.5) is 0 Å². The summed E-state index contributed by atoms with van der Waals surface area (Å²) in [5.74, 6) is -12.7. The van der Waals surface area contributed by atoms with Crippen LogP contribution in [0.3, 0.4) is 0 Å². The van der Waals surface area contributed by atoms with Crippen molar-refractivity contribution in [1.82, 2.24) is 4.90 Å². The molecule has 0 saturated carbocycles. The highest BCUT2D eigenvalue weighted by atomic mass is 16.8. The van der Waals surface area contributed by atoms with Gasteiger partial charge in [0.15, 0.2) is 73.8 Å². The van der Waals surface area contributed by atoms with Gasteiger partial charge in [-0.2, -0.15) is 0 Å². The average Bonchev–Trinajstić information content (AvgIpc) is 1.12. The van der Waals surface area contributed by atoms with Crippen LogP contribution in [0.25, 0.3) is 0 Å². The molecular weight excluding hydrogens is 1130 g/mol. The minimum absolute atomic E-state index is 0.101. The molecule has 470 valence electrons. The van der Waals surface area contributed by atoms with Gasteiger partial charge in [-0.15, -0.1) is 0 Å². The van der Waals surface area contributed by atoms with Crippen molar-refractivity contribution in [1.29, 1.82) is 0 Å². The smallest absolute Gasteiger partial charge is 0.303 e. The summed E-state index contributed by atoms with van der Waals surface area (Å²) < 4.78 is 105. The van der Waals surface area contributed by atoms with Crippen LogP contribution in [0, 0.1) is 0 Å². The van der Waals surface area contributed by atoms with Gasteiger partial charge >= 0.3 is 71.6 Å². The molecule has 0 aromatic carbocycles. The molecule has 4 rings (SSSR count). The van der Waals surface area contributed by atoms with Gasteiger partial charge in [0.25, 0.3) is 0 Å². The van der Waals surface area contributed by atoms with Crippen LogP contribution in [0.5, 0.6) is 0 Å². The highest BCUT2D eigenvalue weighted by molar-refractivity contribution is 5.76. The standard InChI is InChI=1S/C52H71NO31/c1-20-38(53(21(2)54)35-16-34(17-68-22(3)55)39(72-25(6)58)44(75-28(9)61)40(35)73-26(7)59)43(74-27(8)60)47(78-31(12)64)51(71-20)83-42-37(19-70-24(5)57)82-52(49(80-33(14)66)46(42)77-30(11)63)84-41-36(18-69-23(4)56)81-50(67-15)48(79-32(13)65)45(41)76-29(10)62/h16,20,35-52H,17-19H2,1-15H3/t20-,35+,36-,37-,38-,39-,40+,41-,42-,43+,44+,45+,46+,47-,48-,49-,50-,51-,52?/m1/s1. The summed E-state index contributed by atoms with van der Waals surface area (Å²) in [5.41, 5.74) is -0.101. The van der Waals surface area contributed by atoms with Gasteiger partial charge in [0, 0.05) is 103 Å². The maximum Gasteiger partial charge on any atom is 0.303 e. The first kappa shape index (κ1) is 69.1. The van der Waals surface area contributed by atoms with Crippen molar-refractivity contribution in [2.45, 2.75) is 213 Å². The Labute approximate surface area is 481 Å². The molecule has 0 aromatic heterocycles. The van der Waals surface area contributed by atoms with Crippen molar-refractivity contribution in [3.05, 3.63) is 11.6 Å². The lowest BCUT2D eigenvalue weighted by atomic mass is 9.84. The van der Waals surface area contributed by atoms with E-state index in [1.54, 1.807) is 0 Å². The number of carbonyl (C=O) groups excluding carboxylic acids is 13. The molecule has 3 fully saturated rings. The maximum absolute atomic E-state index is 14.4. The third-order valence-corrected chi connectivity index (χ3v) is 12.5. The van der Waals surface area contributed by atoms with Crippen molar-refractivity contribution in [2.24, 2.45) is 0 Å². The molecule has 0 radical (unpaired) electrons. The predicted molar refractivity (Wildman–Crippen MR) is 266 cm³/mol. The lowest BCUT2D eigenvalue weighted by molar-refractivity contribution is -0.376. The quantitative estimate of drug-likeness (QED) is 0.0727. The van der Waals surface area contributed by atoms with Crippen LogP contribution in [-0.2, 0) is 148 Å². The molecule has 0 spiro atoms. The lowest BCUT2D eigenvalue weighted by Crippen LogP contribution is -2.71. The normalized spacial score (nSPS) is 31.8. The molecule has 3 heterocycles. The first-order valence-corrected chi connectivity index (χ1v) is 26.0. The molecule has 0 aromatic rings. The largest absolute Gasteiger partial charge is 0.463 e. The van der Waals surface area contributed by atoms with Crippen LogP contribution in [0.1, 0.15) is 96.9 Å². The van der Waals surface area contributed by atoms with Crippen molar-refractivity contribution >= 4 is 77.5 Å². The summed E-state index contributed by atoms with van der Waals surface area (Å²) in [6, 6.07) is -3.33. The van der Waals surface area contributed by atoms with E-state index in [4.69, 9.17) is 85.3 Å². The second kappa shape index (κ2) is 31.0. The van der Waals surface area contributed by atoms with Gasteiger partial charge in [-0.05, 0) is 6.92 Å². The Morgan fingerprint density at radius 3 is 1.13 bits per heavy atom. The van der Waals surface area contributed by atoms with E-state index in [0.717, 1.165) is 102 Å². The van der Waals surface area contributed by atoms with E-state index in [0.29, 0.717) is 0 Å². The summed E-state index contributed by atoms with van der Waals surface area (Å²) in [7, 11) is 1.16. The maximum atomic E-state index is 14.4. The zero-order valence-electron chi connectivity index (χ0n) is 48.8. The van der Waals surface area contributed by atoms with E-state index in [-0.39, 0.29) is 5.57 Å². The van der Waals surface area contributed by atoms with Crippen LogP contribution in [0.2, 0.25) is 0 Å². The fraction of sp³-hybridized carbons (Fsp3) is 0.712. The number of rotatable bonds is 22. The molecule has 84 heavy (non-hydrogen) atoms. The Morgan fingerprint density at radius 2 is 0.738 bits per heavy atom. The Balaban J connectivity index is 1.99. The lowest BCUT2D eigenvalue weighted by Gasteiger charge is -2.53. The molecule has 4 aliphatic rings. The van der Waals surface area contributed by atoms with E-state index < -0.39 is 214 Å². The third-order valence-electron chi connectivity index (χ3n) is 12.5. The van der Waals surface area contributed by atoms with Crippen LogP contribution in [0.15, 0.2) is 11.6 Å². The Kier molecular flexibility index (Phi) is 25.5. The van der Waals surface area contributed by atoms with Crippen molar-refractivity contribution in [2.75, 3.05) is 26.9 Å². The summed E-state index contributed by atoms with van der Waals surface area (Å²) in [4.78, 5) is 169. The van der Waals surface area contributed by atoms with Gasteiger partial charge < -0.3 is 90.2 Å². The molecule has 32 nitrogen and oxygen atoms in total. The van der Waals surface area contributed by atoms with Crippen LogP contribution >= 0.6 is 0 Å². The zero-order chi connectivity index (χ0) is 63.2. The SMILES string of the molecule is CO[C@@H]1O[C@H](COC(C)=O)[C@@H](OC2O[C@H](COC(C)=O)[C@@H](O[C@H]3O[C@H](C)[C@@H](N(C(C)=O)[C@H]4C=C(COC(C)=O)[C@@H](OC(C)=O)[C@H](OC(C)=O)[C@H]4OC(C)=O)[C@H](OC(C)=O)[C@H]3OC(C)=O)[C@H](OC(C)=O)[C@H]2OC(C)=O)[C@H](OC(C)=O)[C@H]1OC(C)=O. The highest BCUT2D eigenvalue weighted by Gasteiger charge is 2.61. The molecule has 3 saturated heterocycles. The van der Waals surface area contributed by atoms with Crippen LogP contribution < -0.4 is 0 Å². The molecular formula is C52H71NO31. The van der Waals surface area contributed by atoms with Gasteiger partial charge in [0.05, 0.1) is 18.2 Å². The van der Waals surface area contributed by atoms with Gasteiger partial charge in [-0.3, -0.25) is 62.3 Å². The fourth-order valence-corrected chi connectivity index (χ4v) is 9.90. The molecule has 19 atom stereocenters. The predicted octanol–water partition coefficient (Wildman–Crippen LogP) is -0.802. The molecule has 3 aliphatic heterocycles. The summed E-state index contributed by atoms with van der Waals surface area (Å²) in [5, 5.41) is 0. The average molecular weight is 1210 g/mol. The van der Waals surface area contributed by atoms with Crippen molar-refractivity contribution in [3.63, 3.8) is 0 Å². The number of nitrogens with zero attached hydrogens (tertiary/aromatic N) is 1. The number of esters is 12. The minimum Gasteiger partial charge on any atom is -0.463 e. The zero-order valence-corrected chi connectivity index (χ0v) is 48.8. The number of methoxy groups -OCH3 is 1. The Morgan fingerprint density at radius 1 is 0.393 bits per heavy atom. The molecule has 0 N–H and O–H groups in total. The van der Waals surface area contributed by atoms with Gasteiger partial charge in [-0.1, -0.05) is 6.08 Å². The second-order valence-corrected chi connectivity index (χ2v) is 19.4. The van der Waals surface area contributed by atoms with Crippen molar-refractivity contribution in [3.8, 4) is 0 Å². The molecule has 1 aliphatic carbocycles. The van der Waals surface area contributed by atoms with E-state index >= 15 is 0 Å². The fourth-order valence-electron chi connectivity index (χ4n) is 9.90. The Hall–Kier alpha value is -7.39. The highest BCUT2D eigenvalue weighted by Crippen LogP contribution is 2.41. The van der Waals surface area contributed by atoms with Crippen LogP contribution in [-0.4, -0.2) is 226 Å². The van der Waals surface area contributed by atoms with Crippen molar-refractivity contribution < 1.29 is 148 Å². The first-order chi connectivity index (χ1) is 39.2. The van der Waals surface area contributed by atoms with E-state index in [1.807, 2.05) is 0 Å². The Bertz CT molecular complexity index is 2500. The summed E-state index contributed by atoms with van der Waals surface area (Å²) >= 11 is 0. The van der Waals surface area contributed by atoms with Gasteiger partial charge in [0.2, 0.25) is 5.91 Å². The molecule has 32 heteroatoms. The summed E-state index contributed by atoms with van der Waals surface area (Å²) in [6.07, 6.45) is -29.4. The third kappa shape index (κ3) is 19.1. The molecule has 1 unspecified atom stereocenters. The number of ether oxygens (including phenoxy) is 18. The number of carbonyl (C=O) groups is 13. The summed E-state index contributed by atoms with van der Waals surface area (Å²) in [6.45, 7) is 12.0. The topological polar surface area (TPSA) is 391 Å². The second-order valence-electron chi connectivity index (χ2n) is 19.4. The minimum atomic E-state index is -2.06. The number of amides is 1. The first-order valence-electron chi connectivity index (χ1n) is 26.0. The monoisotopic (exact) mass is 1210 g/mol. The molecule has 1 amide bonds.